The number of carboxylic acid groups (broad SMARTS) is 1. The average Bonchev–Trinajstić information content (AvgIpc) is 2.64. The van der Waals surface area contributed by atoms with Crippen LogP contribution in [0.1, 0.15) is 0 Å². The molecule has 0 radical (unpaired) electrons. The number of thioether (sulfide) groups is 1. The van der Waals surface area contributed by atoms with Crippen LogP contribution in [-0.2, 0) is 4.79 Å². The molecule has 0 saturated carbocycles. The lowest BCUT2D eigenvalue weighted by Gasteiger charge is -2.17. The normalized spacial score (nSPS) is 10.9. The van der Waals surface area contributed by atoms with Gasteiger partial charge in [0.1, 0.15) is 5.82 Å². The van der Waals surface area contributed by atoms with Crippen molar-refractivity contribution >= 4 is 51.4 Å². The van der Waals surface area contributed by atoms with Gasteiger partial charge in [0, 0.05) is 20.2 Å². The number of carbonyl (C=O) groups is 1. The first-order chi connectivity index (χ1) is 8.90. The third-order valence-electron chi connectivity index (χ3n) is 2.37. The van der Waals surface area contributed by atoms with Crippen molar-refractivity contribution in [3.63, 3.8) is 0 Å². The molecule has 1 heterocycles. The van der Waals surface area contributed by atoms with Gasteiger partial charge in [-0.1, -0.05) is 11.8 Å². The average molecular weight is 395 g/mol. The number of benzene rings is 1. The first-order valence-electron chi connectivity index (χ1n) is 5.30. The Kier molecular flexibility index (Phi) is 4.19. The molecular weight excluding hydrogens is 384 g/mol. The van der Waals surface area contributed by atoms with Crippen LogP contribution in [0.2, 0.25) is 0 Å². The number of hydrogen-bond donors (Lipinski definition) is 1. The molecule has 2 rings (SSSR count). The number of carboxylic acids is 1. The van der Waals surface area contributed by atoms with Crippen LogP contribution in [0.3, 0.4) is 0 Å². The Bertz CT molecular complexity index is 644. The summed E-state index contributed by atoms with van der Waals surface area (Å²) >= 11 is 3.01. The summed E-state index contributed by atoms with van der Waals surface area (Å²) in [6.07, 6.45) is 0. The lowest BCUT2D eigenvalue weighted by molar-refractivity contribution is -0.133. The molecule has 0 spiro atoms. The molecular formula is C11H11FIN3O2S. The van der Waals surface area contributed by atoms with Crippen molar-refractivity contribution in [1.29, 1.82) is 0 Å². The molecule has 0 amide bonds. The zero-order chi connectivity index (χ0) is 14.2. The maximum Gasteiger partial charge on any atom is 0.313 e. The van der Waals surface area contributed by atoms with Gasteiger partial charge in [0.05, 0.1) is 20.4 Å². The number of halogens is 2. The van der Waals surface area contributed by atoms with E-state index < -0.39 is 5.97 Å². The highest BCUT2D eigenvalue weighted by molar-refractivity contribution is 14.1. The fraction of sp³-hybridized carbons (Fsp3) is 0.273. The molecule has 0 unspecified atom stereocenters. The number of aromatic nitrogens is 2. The van der Waals surface area contributed by atoms with E-state index in [4.69, 9.17) is 5.11 Å². The predicted octanol–water partition coefficient (Wildman–Crippen LogP) is 2.15. The van der Waals surface area contributed by atoms with E-state index in [0.717, 1.165) is 11.8 Å². The summed E-state index contributed by atoms with van der Waals surface area (Å²) in [5.74, 6) is -1.31. The minimum Gasteiger partial charge on any atom is -0.481 e. The number of rotatable bonds is 4. The maximum atomic E-state index is 13.6. The molecule has 8 heteroatoms. The predicted molar refractivity (Wildman–Crippen MR) is 80.8 cm³/mol. The summed E-state index contributed by atoms with van der Waals surface area (Å²) in [6, 6.07) is 3.06. The largest absolute Gasteiger partial charge is 0.481 e. The van der Waals surface area contributed by atoms with Crippen molar-refractivity contribution in [2.24, 2.45) is 0 Å². The molecule has 0 atom stereocenters. The van der Waals surface area contributed by atoms with Crippen molar-refractivity contribution in [2.75, 3.05) is 24.9 Å². The molecule has 102 valence electrons. The number of fused-ring (bicyclic) bond motifs is 1. The highest BCUT2D eigenvalue weighted by Crippen LogP contribution is 2.26. The topological polar surface area (TPSA) is 58.4 Å². The monoisotopic (exact) mass is 395 g/mol. The van der Waals surface area contributed by atoms with Gasteiger partial charge in [-0.15, -0.1) is 0 Å². The van der Waals surface area contributed by atoms with Gasteiger partial charge in [0.15, 0.2) is 5.16 Å². The van der Waals surface area contributed by atoms with Crippen molar-refractivity contribution < 1.29 is 14.3 Å². The molecule has 1 aromatic carbocycles. The second kappa shape index (κ2) is 5.53. The third-order valence-corrected chi connectivity index (χ3v) is 4.11. The summed E-state index contributed by atoms with van der Waals surface area (Å²) in [4.78, 5) is 15.0. The van der Waals surface area contributed by atoms with Crippen LogP contribution in [-0.4, -0.2) is 40.6 Å². The number of imidazole rings is 1. The molecule has 0 fully saturated rings. The minimum atomic E-state index is -0.914. The molecule has 19 heavy (non-hydrogen) atoms. The van der Waals surface area contributed by atoms with E-state index in [1.54, 1.807) is 29.8 Å². The standard InChI is InChI=1S/C11H11FIN3O2S/c1-15(2)16-9-3-6(12)7(13)4-8(9)14-11(16)19-5-10(17)18/h3-4H,5H2,1-2H3,(H,17,18). The van der Waals surface area contributed by atoms with Crippen LogP contribution >= 0.6 is 34.4 Å². The number of hydrogen-bond acceptors (Lipinski definition) is 4. The Hall–Kier alpha value is -1.03. The van der Waals surface area contributed by atoms with Crippen molar-refractivity contribution in [3.05, 3.63) is 21.5 Å². The van der Waals surface area contributed by atoms with Crippen LogP contribution < -0.4 is 5.01 Å². The van der Waals surface area contributed by atoms with E-state index in [-0.39, 0.29) is 11.6 Å². The van der Waals surface area contributed by atoms with Gasteiger partial charge in [-0.25, -0.2) is 14.1 Å². The molecule has 0 aliphatic rings. The van der Waals surface area contributed by atoms with Gasteiger partial charge in [0.2, 0.25) is 0 Å². The summed E-state index contributed by atoms with van der Waals surface area (Å²) in [7, 11) is 3.59. The van der Waals surface area contributed by atoms with Gasteiger partial charge in [-0.2, -0.15) is 0 Å². The van der Waals surface area contributed by atoms with Gasteiger partial charge in [-0.05, 0) is 28.7 Å². The summed E-state index contributed by atoms with van der Waals surface area (Å²) < 4.78 is 15.8. The van der Waals surface area contributed by atoms with Gasteiger partial charge < -0.3 is 10.1 Å². The smallest absolute Gasteiger partial charge is 0.313 e. The number of nitrogens with zero attached hydrogens (tertiary/aromatic N) is 3. The van der Waals surface area contributed by atoms with Crippen molar-refractivity contribution in [3.8, 4) is 0 Å². The van der Waals surface area contributed by atoms with Crippen LogP contribution in [0, 0.1) is 9.39 Å². The minimum absolute atomic E-state index is 0.0866. The Morgan fingerprint density at radius 2 is 2.26 bits per heavy atom. The molecule has 0 aliphatic heterocycles. The third kappa shape index (κ3) is 2.94. The zero-order valence-corrected chi connectivity index (χ0v) is 13.2. The van der Waals surface area contributed by atoms with Gasteiger partial charge in [-0.3, -0.25) is 4.79 Å². The van der Waals surface area contributed by atoms with Gasteiger partial charge in [0.25, 0.3) is 0 Å². The Balaban J connectivity index is 2.56. The Labute approximate surface area is 126 Å². The second-order valence-corrected chi connectivity index (χ2v) is 6.10. The summed E-state index contributed by atoms with van der Waals surface area (Å²) in [6.45, 7) is 0. The first kappa shape index (κ1) is 14.4. The molecule has 1 aromatic heterocycles. The lowest BCUT2D eigenvalue weighted by Crippen LogP contribution is -2.25. The van der Waals surface area contributed by atoms with Crippen molar-refractivity contribution in [1.82, 2.24) is 9.66 Å². The zero-order valence-electron chi connectivity index (χ0n) is 10.2. The van der Waals surface area contributed by atoms with E-state index in [1.807, 2.05) is 22.6 Å². The molecule has 0 bridgehead atoms. The van der Waals surface area contributed by atoms with E-state index in [0.29, 0.717) is 19.8 Å². The SMILES string of the molecule is CN(C)n1c(SCC(=O)O)nc2cc(I)c(F)cc21. The highest BCUT2D eigenvalue weighted by atomic mass is 127. The molecule has 2 aromatic rings. The molecule has 0 aliphatic carbocycles. The van der Waals surface area contributed by atoms with Crippen LogP contribution in [0.4, 0.5) is 4.39 Å². The second-order valence-electron chi connectivity index (χ2n) is 3.99. The van der Waals surface area contributed by atoms with E-state index in [2.05, 4.69) is 4.98 Å². The maximum absolute atomic E-state index is 13.6. The van der Waals surface area contributed by atoms with E-state index >= 15 is 0 Å². The molecule has 1 N–H and O–H groups in total. The highest BCUT2D eigenvalue weighted by Gasteiger charge is 2.16. The van der Waals surface area contributed by atoms with Crippen LogP contribution in [0.5, 0.6) is 0 Å². The summed E-state index contributed by atoms with van der Waals surface area (Å²) in [5.41, 5.74) is 1.27. The van der Waals surface area contributed by atoms with E-state index in [9.17, 15) is 9.18 Å². The van der Waals surface area contributed by atoms with Crippen LogP contribution in [0.25, 0.3) is 11.0 Å². The van der Waals surface area contributed by atoms with E-state index in [1.165, 1.54) is 6.07 Å². The van der Waals surface area contributed by atoms with Gasteiger partial charge >= 0.3 is 5.97 Å². The molecule has 0 saturated heterocycles. The Morgan fingerprint density at radius 1 is 1.58 bits per heavy atom. The first-order valence-corrected chi connectivity index (χ1v) is 7.36. The number of aliphatic carboxylic acids is 1. The summed E-state index contributed by atoms with van der Waals surface area (Å²) in [5, 5.41) is 11.0. The fourth-order valence-electron chi connectivity index (χ4n) is 1.64. The quantitative estimate of drug-likeness (QED) is 0.635. The fourth-order valence-corrected chi connectivity index (χ4v) is 2.89. The Morgan fingerprint density at radius 3 is 2.84 bits per heavy atom. The molecule has 5 nitrogen and oxygen atoms in total. The van der Waals surface area contributed by atoms with Crippen molar-refractivity contribution in [2.45, 2.75) is 5.16 Å². The van der Waals surface area contributed by atoms with Crippen LogP contribution in [0.15, 0.2) is 17.3 Å². The lowest BCUT2D eigenvalue weighted by atomic mass is 10.3.